The largest absolute Gasteiger partial charge is 0.480 e. The second kappa shape index (κ2) is 24.9. The first-order valence-electron chi connectivity index (χ1n) is 19.9. The van der Waals surface area contributed by atoms with Crippen LogP contribution >= 0.6 is 0 Å². The van der Waals surface area contributed by atoms with Crippen LogP contribution in [0.25, 0.3) is 0 Å². The first-order valence-corrected chi connectivity index (χ1v) is 19.9. The summed E-state index contributed by atoms with van der Waals surface area (Å²) >= 11 is 0. The van der Waals surface area contributed by atoms with E-state index in [9.17, 15) is 53.4 Å². The van der Waals surface area contributed by atoms with E-state index in [-0.39, 0.29) is 51.2 Å². The zero-order valence-corrected chi connectivity index (χ0v) is 34.4. The Morgan fingerprint density at radius 1 is 0.794 bits per heavy atom. The molecule has 7 atom stereocenters. The number of carboxylic acids is 1. The molecule has 0 bridgehead atoms. The van der Waals surface area contributed by atoms with Crippen LogP contribution in [0, 0.1) is 0 Å². The molecule has 1 saturated heterocycles. The molecule has 0 unspecified atom stereocenters. The van der Waals surface area contributed by atoms with E-state index in [1.54, 1.807) is 30.3 Å². The number of nitrogens with one attached hydrogen (secondary N) is 6. The number of aliphatic imine (C=N–C) groups is 1. The summed E-state index contributed by atoms with van der Waals surface area (Å²) in [4.78, 5) is 129. The molecule has 1 aromatic heterocycles. The van der Waals surface area contributed by atoms with Crippen molar-refractivity contribution in [1.29, 1.82) is 0 Å². The zero-order chi connectivity index (χ0) is 46.6. The average Bonchev–Trinajstić information content (AvgIpc) is 3.95. The van der Waals surface area contributed by atoms with Gasteiger partial charge in [0.2, 0.25) is 47.3 Å². The second-order valence-corrected chi connectivity index (χ2v) is 14.7. The number of hydrogen-bond donors (Lipinski definition) is 13. The molecular weight excluding hydrogens is 829 g/mol. The highest BCUT2D eigenvalue weighted by Gasteiger charge is 2.39. The Hall–Kier alpha value is -7.15. The molecular formula is C38H56N14O11. The number of aromatic nitrogens is 2. The number of aliphatic hydroxyl groups is 1. The molecule has 0 aliphatic carbocycles. The maximum absolute atomic E-state index is 14.1. The zero-order valence-electron chi connectivity index (χ0n) is 34.4. The molecule has 63 heavy (non-hydrogen) atoms. The number of likely N-dealkylation sites (tertiary alicyclic amines) is 1. The minimum Gasteiger partial charge on any atom is -0.480 e. The standard InChI is InChI=1S/C38H56N14O11/c39-22(18-53)36(61)52-13-5-9-28(52)35(60)50-26(16-30(41)55)34(59)48-24(10-11-29(40)54)32(57)49-25(14-20-6-2-1-3-7-20)33(58)47-23(8-4-12-45-38(42)43)31(56)51-27(37(62)63)15-21-17-44-19-46-21/h1-3,6-7,17,19,22-28,53H,4-5,8-16,18,39H2,(H2,40,54)(H2,41,55)(H,44,46)(H,47,58)(H,48,59)(H,49,57)(H,50,60)(H,51,56)(H,62,63)(H4,42,43,45)/t22-,23-,24-,25-,26-,27-,28-/m0/s1. The molecule has 2 heterocycles. The molecule has 25 nitrogen and oxygen atoms in total. The van der Waals surface area contributed by atoms with E-state index >= 15 is 0 Å². The highest BCUT2D eigenvalue weighted by atomic mass is 16.4. The number of nitrogens with zero attached hydrogens (tertiary/aromatic N) is 3. The summed E-state index contributed by atoms with van der Waals surface area (Å²) in [5.41, 5.74) is 28.2. The number of imidazole rings is 1. The lowest BCUT2D eigenvalue weighted by Gasteiger charge is -2.29. The monoisotopic (exact) mass is 884 g/mol. The van der Waals surface area contributed by atoms with Crippen molar-refractivity contribution in [2.45, 2.75) is 100 Å². The van der Waals surface area contributed by atoms with Crippen molar-refractivity contribution in [1.82, 2.24) is 41.5 Å². The van der Waals surface area contributed by atoms with Crippen molar-refractivity contribution < 1.29 is 53.4 Å². The Bertz CT molecular complexity index is 1950. The van der Waals surface area contributed by atoms with Gasteiger partial charge in [0.25, 0.3) is 0 Å². The fourth-order valence-corrected chi connectivity index (χ4v) is 6.56. The maximum atomic E-state index is 14.1. The van der Waals surface area contributed by atoms with Crippen molar-refractivity contribution in [2.24, 2.45) is 33.7 Å². The van der Waals surface area contributed by atoms with Gasteiger partial charge in [-0.15, -0.1) is 0 Å². The Morgan fingerprint density at radius 3 is 1.97 bits per heavy atom. The van der Waals surface area contributed by atoms with Gasteiger partial charge >= 0.3 is 5.97 Å². The molecule has 1 fully saturated rings. The molecule has 1 aromatic carbocycles. The Labute approximate surface area is 361 Å². The molecule has 2 aromatic rings. The molecule has 25 heteroatoms. The van der Waals surface area contributed by atoms with Crippen LogP contribution in [0.15, 0.2) is 47.8 Å². The number of H-pyrrole nitrogens is 1. The predicted molar refractivity (Wildman–Crippen MR) is 222 cm³/mol. The van der Waals surface area contributed by atoms with Crippen molar-refractivity contribution in [3.8, 4) is 0 Å². The van der Waals surface area contributed by atoms with Crippen LogP contribution in [0.2, 0.25) is 0 Å². The molecule has 0 saturated carbocycles. The van der Waals surface area contributed by atoms with Crippen molar-refractivity contribution in [3.05, 3.63) is 54.1 Å². The van der Waals surface area contributed by atoms with Gasteiger partial charge in [-0.05, 0) is 37.7 Å². The average molecular weight is 885 g/mol. The molecule has 1 aliphatic rings. The van der Waals surface area contributed by atoms with Gasteiger partial charge in [0, 0.05) is 44.2 Å². The fraction of sp³-hybridized carbons (Fsp3) is 0.500. The molecule has 1 aliphatic heterocycles. The molecule has 8 amide bonds. The first kappa shape index (κ1) is 50.2. The third-order valence-electron chi connectivity index (χ3n) is 9.79. The van der Waals surface area contributed by atoms with Crippen molar-refractivity contribution in [3.63, 3.8) is 0 Å². The van der Waals surface area contributed by atoms with E-state index in [1.807, 2.05) is 0 Å². The summed E-state index contributed by atoms with van der Waals surface area (Å²) in [7, 11) is 0. The number of aliphatic hydroxyl groups excluding tert-OH is 1. The van der Waals surface area contributed by atoms with E-state index < -0.39 is 121 Å². The third kappa shape index (κ3) is 16.7. The number of benzene rings is 1. The van der Waals surface area contributed by atoms with E-state index in [2.05, 4.69) is 41.5 Å². The Balaban J connectivity index is 1.89. The van der Waals surface area contributed by atoms with Crippen LogP contribution in [0.3, 0.4) is 0 Å². The molecule has 3 rings (SSSR count). The number of aromatic amines is 1. The Kier molecular flexibility index (Phi) is 19.9. The third-order valence-corrected chi connectivity index (χ3v) is 9.79. The number of carbonyl (C=O) groups is 9. The Morgan fingerprint density at radius 2 is 1.40 bits per heavy atom. The lowest BCUT2D eigenvalue weighted by Crippen LogP contribution is -2.60. The summed E-state index contributed by atoms with van der Waals surface area (Å²) in [6.07, 6.45) is 1.33. The van der Waals surface area contributed by atoms with Gasteiger partial charge in [-0.1, -0.05) is 30.3 Å². The number of primary amides is 2. The van der Waals surface area contributed by atoms with Crippen LogP contribution in [0.5, 0.6) is 0 Å². The van der Waals surface area contributed by atoms with Gasteiger partial charge in [0.1, 0.15) is 42.3 Å². The smallest absolute Gasteiger partial charge is 0.326 e. The molecule has 0 spiro atoms. The second-order valence-electron chi connectivity index (χ2n) is 14.7. The van der Waals surface area contributed by atoms with E-state index in [0.29, 0.717) is 17.7 Å². The van der Waals surface area contributed by atoms with Crippen molar-refractivity contribution >= 4 is 59.2 Å². The van der Waals surface area contributed by atoms with Gasteiger partial charge in [-0.3, -0.25) is 43.3 Å². The predicted octanol–water partition coefficient (Wildman–Crippen LogP) is -5.79. The minimum absolute atomic E-state index is 0.0377. The van der Waals surface area contributed by atoms with Gasteiger partial charge in [-0.25, -0.2) is 9.78 Å². The van der Waals surface area contributed by atoms with Crippen LogP contribution in [-0.4, -0.2) is 146 Å². The number of aliphatic carboxylic acids is 1. The molecule has 18 N–H and O–H groups in total. The first-order chi connectivity index (χ1) is 29.9. The normalized spacial score (nSPS) is 16.2. The highest BCUT2D eigenvalue weighted by molar-refractivity contribution is 5.98. The van der Waals surface area contributed by atoms with Gasteiger partial charge in [-0.2, -0.15) is 0 Å². The van der Waals surface area contributed by atoms with Crippen LogP contribution < -0.4 is 55.3 Å². The topological polar surface area (TPSA) is 429 Å². The lowest BCUT2D eigenvalue weighted by atomic mass is 10.0. The number of amides is 8. The number of guanidine groups is 1. The van der Waals surface area contributed by atoms with E-state index in [4.69, 9.17) is 28.7 Å². The quantitative estimate of drug-likeness (QED) is 0.0238. The molecule has 0 radical (unpaired) electrons. The molecule has 344 valence electrons. The van der Waals surface area contributed by atoms with Crippen LogP contribution in [-0.2, 0) is 56.0 Å². The number of carbonyl (C=O) groups excluding carboxylic acids is 8. The number of nitrogens with two attached hydrogens (primary N) is 5. The lowest BCUT2D eigenvalue weighted by molar-refractivity contribution is -0.142. The van der Waals surface area contributed by atoms with Gasteiger partial charge < -0.3 is 75.3 Å². The van der Waals surface area contributed by atoms with E-state index in [0.717, 1.165) is 4.90 Å². The van der Waals surface area contributed by atoms with Gasteiger partial charge in [0.05, 0.1) is 19.4 Å². The summed E-state index contributed by atoms with van der Waals surface area (Å²) in [6.45, 7) is -0.519. The summed E-state index contributed by atoms with van der Waals surface area (Å²) in [5, 5.41) is 31.5. The van der Waals surface area contributed by atoms with Crippen LogP contribution in [0.1, 0.15) is 56.2 Å². The number of rotatable bonds is 26. The van der Waals surface area contributed by atoms with Gasteiger partial charge in [0.15, 0.2) is 5.96 Å². The summed E-state index contributed by atoms with van der Waals surface area (Å²) in [5.74, 6) is -8.97. The highest BCUT2D eigenvalue weighted by Crippen LogP contribution is 2.19. The SMILES string of the molecule is NC(=O)CC[C@H](NC(=O)[C@H](CC(N)=O)NC(=O)[C@@H]1CCCN1C(=O)[C@@H](N)CO)C(=O)N[C@@H](Cc1ccccc1)C(=O)N[C@@H](CCCN=C(N)N)C(=O)N[C@@H](Cc1cnc[nH]1)C(=O)O. The maximum Gasteiger partial charge on any atom is 0.326 e. The van der Waals surface area contributed by atoms with E-state index in [1.165, 1.54) is 12.5 Å². The summed E-state index contributed by atoms with van der Waals surface area (Å²) < 4.78 is 0. The number of carboxylic acid groups (broad SMARTS) is 1. The van der Waals surface area contributed by atoms with Crippen molar-refractivity contribution in [2.75, 3.05) is 19.7 Å². The minimum atomic E-state index is -1.69. The fourth-order valence-electron chi connectivity index (χ4n) is 6.56. The number of hydrogen-bond acceptors (Lipinski definition) is 13. The summed E-state index contributed by atoms with van der Waals surface area (Å²) in [6, 6.07) is -1.69. The van der Waals surface area contributed by atoms with Crippen LogP contribution in [0.4, 0.5) is 0 Å².